The highest BCUT2D eigenvalue weighted by Gasteiger charge is 2.15. The maximum Gasteiger partial charge on any atom is 0.278 e. The van der Waals surface area contributed by atoms with Crippen molar-refractivity contribution in [2.75, 3.05) is 38.2 Å². The predicted octanol–water partition coefficient (Wildman–Crippen LogP) is 2.48. The number of carbonyl (C=O) groups is 2. The number of nitrogen functional groups attached to an aromatic ring is 1. The molecular formula is C22H26ClN7O2. The first kappa shape index (κ1) is 24.7. The summed E-state index contributed by atoms with van der Waals surface area (Å²) in [6, 6.07) is 10.4. The van der Waals surface area contributed by atoms with Crippen LogP contribution in [-0.4, -0.2) is 58.9 Å². The van der Waals surface area contributed by atoms with E-state index in [-0.39, 0.29) is 29.8 Å². The van der Waals surface area contributed by atoms with Crippen LogP contribution in [0.4, 0.5) is 11.5 Å². The van der Waals surface area contributed by atoms with E-state index in [4.69, 9.17) is 5.73 Å². The Balaban J connectivity index is 0.00000363. The molecule has 0 atom stereocenters. The Morgan fingerprint density at radius 2 is 1.81 bits per heavy atom. The second kappa shape index (κ2) is 11.7. The average Bonchev–Trinajstić information content (AvgIpc) is 2.77. The minimum absolute atomic E-state index is 0. The van der Waals surface area contributed by atoms with Crippen molar-refractivity contribution in [3.05, 3.63) is 66.2 Å². The van der Waals surface area contributed by atoms with Crippen LogP contribution < -0.4 is 16.4 Å². The van der Waals surface area contributed by atoms with Gasteiger partial charge in [-0.15, -0.1) is 12.4 Å². The van der Waals surface area contributed by atoms with Crippen LogP contribution >= 0.6 is 12.4 Å². The van der Waals surface area contributed by atoms with Crippen molar-refractivity contribution in [3.63, 3.8) is 0 Å². The van der Waals surface area contributed by atoms with E-state index in [1.807, 2.05) is 14.1 Å². The standard InChI is InChI=1S/C22H25N7O2.ClH/c1-29(2)12-4-11-25-21(30)16-8-6-15(7-9-16)18-14-26-20(23)19(28-18)22(31)27-17-5-3-10-24-13-17;/h3,5-10,13-14H,4,11-12H2,1-2H3,(H2,23,26)(H,25,30)(H,27,31);1H. The molecule has 10 heteroatoms. The van der Waals surface area contributed by atoms with Gasteiger partial charge in [-0.3, -0.25) is 14.6 Å². The molecule has 0 bridgehead atoms. The lowest BCUT2D eigenvalue weighted by Crippen LogP contribution is -2.27. The van der Waals surface area contributed by atoms with Crippen LogP contribution in [0.1, 0.15) is 27.3 Å². The van der Waals surface area contributed by atoms with E-state index in [2.05, 4.69) is 30.5 Å². The minimum atomic E-state index is -0.478. The second-order valence-electron chi connectivity index (χ2n) is 7.17. The molecule has 0 saturated carbocycles. The Kier molecular flexibility index (Phi) is 9.06. The number of anilines is 2. The van der Waals surface area contributed by atoms with Crippen molar-refractivity contribution < 1.29 is 9.59 Å². The molecule has 9 nitrogen and oxygen atoms in total. The maximum atomic E-state index is 12.6. The first-order valence-electron chi connectivity index (χ1n) is 9.81. The number of benzene rings is 1. The fourth-order valence-corrected chi connectivity index (χ4v) is 2.82. The summed E-state index contributed by atoms with van der Waals surface area (Å²) in [7, 11) is 3.99. The highest BCUT2D eigenvalue weighted by atomic mass is 35.5. The van der Waals surface area contributed by atoms with Crippen LogP contribution in [-0.2, 0) is 0 Å². The molecule has 0 unspecified atom stereocenters. The van der Waals surface area contributed by atoms with Crippen LogP contribution in [0.3, 0.4) is 0 Å². The number of nitrogens with zero attached hydrogens (tertiary/aromatic N) is 4. The van der Waals surface area contributed by atoms with Crippen molar-refractivity contribution in [2.24, 2.45) is 0 Å². The van der Waals surface area contributed by atoms with Crippen molar-refractivity contribution in [1.82, 2.24) is 25.2 Å². The van der Waals surface area contributed by atoms with E-state index in [1.165, 1.54) is 12.4 Å². The molecule has 168 valence electrons. The Morgan fingerprint density at radius 3 is 2.47 bits per heavy atom. The highest BCUT2D eigenvalue weighted by molar-refractivity contribution is 6.05. The molecule has 0 fully saturated rings. The molecule has 0 aliphatic carbocycles. The number of amides is 2. The normalized spacial score (nSPS) is 10.3. The van der Waals surface area contributed by atoms with E-state index < -0.39 is 5.91 Å². The van der Waals surface area contributed by atoms with E-state index in [9.17, 15) is 9.59 Å². The molecule has 0 saturated heterocycles. The molecular weight excluding hydrogens is 430 g/mol. The fraction of sp³-hybridized carbons (Fsp3) is 0.227. The topological polar surface area (TPSA) is 126 Å². The van der Waals surface area contributed by atoms with Gasteiger partial charge in [0.1, 0.15) is 0 Å². The quantitative estimate of drug-likeness (QED) is 0.445. The number of pyridine rings is 1. The SMILES string of the molecule is CN(C)CCCNC(=O)c1ccc(-c2cnc(N)c(C(=O)Nc3cccnc3)n2)cc1.Cl. The van der Waals surface area contributed by atoms with Gasteiger partial charge in [0.25, 0.3) is 11.8 Å². The van der Waals surface area contributed by atoms with Crippen LogP contribution in [0.15, 0.2) is 55.0 Å². The number of nitrogens with two attached hydrogens (primary N) is 1. The molecule has 3 rings (SSSR count). The van der Waals surface area contributed by atoms with Gasteiger partial charge < -0.3 is 21.3 Å². The predicted molar refractivity (Wildman–Crippen MR) is 127 cm³/mol. The molecule has 0 aliphatic rings. The summed E-state index contributed by atoms with van der Waals surface area (Å²) < 4.78 is 0. The number of hydrogen-bond donors (Lipinski definition) is 3. The van der Waals surface area contributed by atoms with Gasteiger partial charge in [-0.05, 0) is 51.3 Å². The third-order valence-corrected chi connectivity index (χ3v) is 4.45. The largest absolute Gasteiger partial charge is 0.382 e. The molecule has 1 aromatic carbocycles. The van der Waals surface area contributed by atoms with Crippen molar-refractivity contribution in [3.8, 4) is 11.3 Å². The van der Waals surface area contributed by atoms with Gasteiger partial charge in [0.15, 0.2) is 11.5 Å². The number of carbonyl (C=O) groups excluding carboxylic acids is 2. The summed E-state index contributed by atoms with van der Waals surface area (Å²) in [5.41, 5.74) is 8.14. The third-order valence-electron chi connectivity index (χ3n) is 4.45. The average molecular weight is 456 g/mol. The van der Waals surface area contributed by atoms with E-state index in [0.717, 1.165) is 13.0 Å². The summed E-state index contributed by atoms with van der Waals surface area (Å²) in [5.74, 6) is -0.585. The first-order valence-corrected chi connectivity index (χ1v) is 9.81. The zero-order valence-electron chi connectivity index (χ0n) is 17.9. The molecule has 0 spiro atoms. The van der Waals surface area contributed by atoms with E-state index >= 15 is 0 Å². The molecule has 32 heavy (non-hydrogen) atoms. The van der Waals surface area contributed by atoms with Crippen molar-refractivity contribution in [1.29, 1.82) is 0 Å². The zero-order valence-corrected chi connectivity index (χ0v) is 18.7. The lowest BCUT2D eigenvalue weighted by Gasteiger charge is -2.10. The Morgan fingerprint density at radius 1 is 1.06 bits per heavy atom. The van der Waals surface area contributed by atoms with Gasteiger partial charge in [-0.25, -0.2) is 9.97 Å². The fourth-order valence-electron chi connectivity index (χ4n) is 2.82. The van der Waals surface area contributed by atoms with Crippen LogP contribution in [0.25, 0.3) is 11.3 Å². The van der Waals surface area contributed by atoms with Gasteiger partial charge in [0.2, 0.25) is 0 Å². The zero-order chi connectivity index (χ0) is 22.2. The number of nitrogens with one attached hydrogen (secondary N) is 2. The van der Waals surface area contributed by atoms with Crippen LogP contribution in [0.2, 0.25) is 0 Å². The summed E-state index contributed by atoms with van der Waals surface area (Å²) in [6.07, 6.45) is 5.50. The third kappa shape index (κ3) is 6.73. The van der Waals surface area contributed by atoms with Crippen molar-refractivity contribution >= 4 is 35.7 Å². The molecule has 3 aromatic rings. The molecule has 0 radical (unpaired) electrons. The Bertz CT molecular complexity index is 1040. The second-order valence-corrected chi connectivity index (χ2v) is 7.17. The lowest BCUT2D eigenvalue weighted by molar-refractivity contribution is 0.0951. The molecule has 4 N–H and O–H groups in total. The number of halogens is 1. The van der Waals surface area contributed by atoms with Gasteiger partial charge in [0.05, 0.1) is 23.8 Å². The monoisotopic (exact) mass is 455 g/mol. The summed E-state index contributed by atoms with van der Waals surface area (Å²) in [5, 5.41) is 5.59. The van der Waals surface area contributed by atoms with Gasteiger partial charge >= 0.3 is 0 Å². The van der Waals surface area contributed by atoms with Crippen molar-refractivity contribution in [2.45, 2.75) is 6.42 Å². The lowest BCUT2D eigenvalue weighted by atomic mass is 10.1. The molecule has 0 aliphatic heterocycles. The van der Waals surface area contributed by atoms with E-state index in [1.54, 1.807) is 42.6 Å². The number of hydrogen-bond acceptors (Lipinski definition) is 7. The van der Waals surface area contributed by atoms with Gasteiger partial charge in [-0.1, -0.05) is 12.1 Å². The van der Waals surface area contributed by atoms with Crippen LogP contribution in [0.5, 0.6) is 0 Å². The molecule has 2 amide bonds. The summed E-state index contributed by atoms with van der Waals surface area (Å²) in [4.78, 5) is 39.3. The number of rotatable bonds is 8. The summed E-state index contributed by atoms with van der Waals surface area (Å²) in [6.45, 7) is 1.52. The number of aromatic nitrogens is 3. The van der Waals surface area contributed by atoms with Crippen LogP contribution in [0, 0.1) is 0 Å². The molecule has 2 aromatic heterocycles. The highest BCUT2D eigenvalue weighted by Crippen LogP contribution is 2.20. The van der Waals surface area contributed by atoms with Gasteiger partial charge in [0, 0.05) is 23.9 Å². The first-order chi connectivity index (χ1) is 14.9. The Hall–Kier alpha value is -3.56. The maximum absolute atomic E-state index is 12.6. The van der Waals surface area contributed by atoms with E-state index in [0.29, 0.717) is 29.1 Å². The smallest absolute Gasteiger partial charge is 0.278 e. The summed E-state index contributed by atoms with van der Waals surface area (Å²) >= 11 is 0. The molecule has 2 heterocycles. The Labute approximate surface area is 192 Å². The van der Waals surface area contributed by atoms with Gasteiger partial charge in [-0.2, -0.15) is 0 Å². The minimum Gasteiger partial charge on any atom is -0.382 e.